The van der Waals surface area contributed by atoms with Crippen LogP contribution in [0.25, 0.3) is 0 Å². The summed E-state index contributed by atoms with van der Waals surface area (Å²) >= 11 is 5.61. The molecule has 1 aliphatic rings. The molecular formula is C14H24ClN3O3. The molecule has 1 heterocycles. The molecular weight excluding hydrogens is 294 g/mol. The summed E-state index contributed by atoms with van der Waals surface area (Å²) in [5, 5.41) is 4.75. The first kappa shape index (κ1) is 17.8. The number of carbonyl (C=O) groups is 3. The molecule has 1 saturated heterocycles. The predicted molar refractivity (Wildman–Crippen MR) is 80.9 cm³/mol. The van der Waals surface area contributed by atoms with E-state index in [0.717, 1.165) is 0 Å². The smallest absolute Gasteiger partial charge is 0.237 e. The zero-order valence-corrected chi connectivity index (χ0v) is 13.8. The third-order valence-corrected chi connectivity index (χ3v) is 3.59. The summed E-state index contributed by atoms with van der Waals surface area (Å²) in [4.78, 5) is 36.9. The molecule has 2 N–H and O–H groups in total. The van der Waals surface area contributed by atoms with Gasteiger partial charge in [0.15, 0.2) is 0 Å². The highest BCUT2D eigenvalue weighted by Crippen LogP contribution is 2.25. The Morgan fingerprint density at radius 3 is 2.38 bits per heavy atom. The van der Waals surface area contributed by atoms with Gasteiger partial charge >= 0.3 is 0 Å². The average molecular weight is 318 g/mol. The van der Waals surface area contributed by atoms with Crippen LogP contribution in [0.5, 0.6) is 0 Å². The number of hydrogen-bond acceptors (Lipinski definition) is 3. The van der Waals surface area contributed by atoms with Crippen molar-refractivity contribution in [2.24, 2.45) is 5.92 Å². The molecule has 120 valence electrons. The van der Waals surface area contributed by atoms with E-state index < -0.39 is 5.38 Å². The zero-order valence-electron chi connectivity index (χ0n) is 13.0. The van der Waals surface area contributed by atoms with E-state index in [1.807, 2.05) is 20.8 Å². The fourth-order valence-corrected chi connectivity index (χ4v) is 2.26. The predicted octanol–water partition coefficient (Wildman–Crippen LogP) is 0.493. The van der Waals surface area contributed by atoms with Gasteiger partial charge in [0.2, 0.25) is 17.7 Å². The number of likely N-dealkylation sites (tertiary alicyclic amines) is 1. The number of amides is 3. The van der Waals surface area contributed by atoms with Gasteiger partial charge in [0.1, 0.15) is 5.38 Å². The number of rotatable bonds is 5. The minimum atomic E-state index is -0.589. The van der Waals surface area contributed by atoms with Crippen molar-refractivity contribution in [1.29, 1.82) is 0 Å². The molecule has 0 aliphatic carbocycles. The summed E-state index contributed by atoms with van der Waals surface area (Å²) in [5.41, 5.74) is -0.267. The summed E-state index contributed by atoms with van der Waals surface area (Å²) in [6, 6.07) is 0. The second kappa shape index (κ2) is 7.11. The van der Waals surface area contributed by atoms with E-state index in [2.05, 4.69) is 10.6 Å². The Kier molecular flexibility index (Phi) is 6.01. The van der Waals surface area contributed by atoms with Crippen molar-refractivity contribution >= 4 is 29.3 Å². The maximum absolute atomic E-state index is 12.0. The van der Waals surface area contributed by atoms with E-state index in [1.165, 1.54) is 0 Å². The van der Waals surface area contributed by atoms with Gasteiger partial charge in [-0.3, -0.25) is 14.4 Å². The molecule has 0 aromatic carbocycles. The lowest BCUT2D eigenvalue weighted by molar-refractivity contribution is -0.132. The van der Waals surface area contributed by atoms with Crippen LogP contribution in [0, 0.1) is 5.92 Å². The maximum atomic E-state index is 12.0. The maximum Gasteiger partial charge on any atom is 0.237 e. The van der Waals surface area contributed by atoms with Crippen LogP contribution in [-0.4, -0.2) is 53.2 Å². The largest absolute Gasteiger partial charge is 0.354 e. The summed E-state index contributed by atoms with van der Waals surface area (Å²) in [6.07, 6.45) is 0.244. The Hall–Kier alpha value is -1.30. The van der Waals surface area contributed by atoms with Gasteiger partial charge in [0, 0.05) is 31.6 Å². The molecule has 0 saturated carbocycles. The van der Waals surface area contributed by atoms with Crippen molar-refractivity contribution in [3.63, 3.8) is 0 Å². The van der Waals surface area contributed by atoms with Crippen LogP contribution in [-0.2, 0) is 14.4 Å². The van der Waals surface area contributed by atoms with Gasteiger partial charge in [-0.15, -0.1) is 11.6 Å². The fourth-order valence-electron chi connectivity index (χ4n) is 2.19. The number of carbonyl (C=O) groups excluding carboxylic acids is 3. The van der Waals surface area contributed by atoms with E-state index in [4.69, 9.17) is 11.6 Å². The first-order valence-electron chi connectivity index (χ1n) is 7.13. The van der Waals surface area contributed by atoms with E-state index in [1.54, 1.807) is 11.8 Å². The number of hydrogen-bond donors (Lipinski definition) is 2. The van der Waals surface area contributed by atoms with Crippen molar-refractivity contribution in [2.45, 2.75) is 45.0 Å². The van der Waals surface area contributed by atoms with Gasteiger partial charge in [-0.1, -0.05) is 0 Å². The molecule has 21 heavy (non-hydrogen) atoms. The van der Waals surface area contributed by atoms with Gasteiger partial charge in [0.05, 0.1) is 5.92 Å². The third kappa shape index (κ3) is 5.19. The standard InChI is InChI=1S/C14H24ClN3O3/c1-9(15)12(20)16-5-6-17-13(21)10-7-11(19)18(8-10)14(2,3)4/h9-10H,5-8H2,1-4H3,(H,16,20)(H,17,21). The molecule has 0 radical (unpaired) electrons. The van der Waals surface area contributed by atoms with Gasteiger partial charge < -0.3 is 15.5 Å². The average Bonchev–Trinajstić information content (AvgIpc) is 2.76. The summed E-state index contributed by atoms with van der Waals surface area (Å²) < 4.78 is 0. The lowest BCUT2D eigenvalue weighted by Crippen LogP contribution is -2.43. The zero-order chi connectivity index (χ0) is 16.2. The molecule has 0 spiro atoms. The van der Waals surface area contributed by atoms with Crippen molar-refractivity contribution in [3.8, 4) is 0 Å². The van der Waals surface area contributed by atoms with Gasteiger partial charge in [0.25, 0.3) is 0 Å². The second-order valence-electron chi connectivity index (χ2n) is 6.27. The van der Waals surface area contributed by atoms with Crippen molar-refractivity contribution in [3.05, 3.63) is 0 Å². The van der Waals surface area contributed by atoms with Crippen LogP contribution in [0.15, 0.2) is 0 Å². The molecule has 0 aromatic rings. The van der Waals surface area contributed by atoms with Crippen LogP contribution >= 0.6 is 11.6 Å². The summed E-state index contributed by atoms with van der Waals surface area (Å²) in [5.74, 6) is -0.726. The molecule has 2 unspecified atom stereocenters. The lowest BCUT2D eigenvalue weighted by atomic mass is 10.1. The summed E-state index contributed by atoms with van der Waals surface area (Å²) in [6.45, 7) is 8.54. The number of nitrogens with zero attached hydrogens (tertiary/aromatic N) is 1. The third-order valence-electron chi connectivity index (χ3n) is 3.39. The SMILES string of the molecule is CC(Cl)C(=O)NCCNC(=O)C1CC(=O)N(C(C)(C)C)C1. The Balaban J connectivity index is 2.34. The second-order valence-corrected chi connectivity index (χ2v) is 6.93. The molecule has 6 nitrogen and oxygen atoms in total. The van der Waals surface area contributed by atoms with Crippen LogP contribution in [0.3, 0.4) is 0 Å². The first-order chi connectivity index (χ1) is 9.62. The Labute approximate surface area is 130 Å². The highest BCUT2D eigenvalue weighted by atomic mass is 35.5. The minimum absolute atomic E-state index is 0.00641. The van der Waals surface area contributed by atoms with E-state index >= 15 is 0 Å². The van der Waals surface area contributed by atoms with E-state index in [-0.39, 0.29) is 35.6 Å². The van der Waals surface area contributed by atoms with Crippen LogP contribution in [0.1, 0.15) is 34.1 Å². The highest BCUT2D eigenvalue weighted by Gasteiger charge is 2.39. The fraction of sp³-hybridized carbons (Fsp3) is 0.786. The Morgan fingerprint density at radius 1 is 1.33 bits per heavy atom. The monoisotopic (exact) mass is 317 g/mol. The Bertz CT molecular complexity index is 418. The molecule has 3 amide bonds. The van der Waals surface area contributed by atoms with E-state index in [9.17, 15) is 14.4 Å². The van der Waals surface area contributed by atoms with E-state index in [0.29, 0.717) is 19.6 Å². The quantitative estimate of drug-likeness (QED) is 0.572. The first-order valence-corrected chi connectivity index (χ1v) is 7.56. The van der Waals surface area contributed by atoms with Gasteiger partial charge in [-0.2, -0.15) is 0 Å². The number of alkyl halides is 1. The molecule has 1 fully saturated rings. The van der Waals surface area contributed by atoms with Crippen molar-refractivity contribution in [2.75, 3.05) is 19.6 Å². The van der Waals surface area contributed by atoms with Crippen molar-refractivity contribution < 1.29 is 14.4 Å². The van der Waals surface area contributed by atoms with Gasteiger partial charge in [-0.25, -0.2) is 0 Å². The van der Waals surface area contributed by atoms with Crippen molar-refractivity contribution in [1.82, 2.24) is 15.5 Å². The summed E-state index contributed by atoms with van der Waals surface area (Å²) in [7, 11) is 0. The molecule has 1 aliphatic heterocycles. The van der Waals surface area contributed by atoms with Crippen LogP contribution < -0.4 is 10.6 Å². The molecule has 7 heteroatoms. The lowest BCUT2D eigenvalue weighted by Gasteiger charge is -2.31. The minimum Gasteiger partial charge on any atom is -0.354 e. The van der Waals surface area contributed by atoms with Gasteiger partial charge in [-0.05, 0) is 27.7 Å². The topological polar surface area (TPSA) is 78.5 Å². The number of halogens is 1. The normalized spacial score (nSPS) is 20.3. The number of nitrogens with one attached hydrogen (secondary N) is 2. The Morgan fingerprint density at radius 2 is 1.90 bits per heavy atom. The van der Waals surface area contributed by atoms with Crippen LogP contribution in [0.4, 0.5) is 0 Å². The molecule has 2 atom stereocenters. The molecule has 1 rings (SSSR count). The highest BCUT2D eigenvalue weighted by molar-refractivity contribution is 6.30. The van der Waals surface area contributed by atoms with Crippen LogP contribution in [0.2, 0.25) is 0 Å². The molecule has 0 bridgehead atoms. The molecule has 0 aromatic heterocycles.